The van der Waals surface area contributed by atoms with Gasteiger partial charge in [0.05, 0.1) is 23.2 Å². The number of H-pyrrole nitrogens is 1. The van der Waals surface area contributed by atoms with E-state index in [1.807, 2.05) is 19.2 Å². The van der Waals surface area contributed by atoms with Crippen LogP contribution in [0.4, 0.5) is 5.69 Å². The van der Waals surface area contributed by atoms with Crippen LogP contribution in [0.5, 0.6) is 0 Å². The van der Waals surface area contributed by atoms with Gasteiger partial charge in [0.15, 0.2) is 9.84 Å². The number of oxazole rings is 1. The standard InChI is InChI=1S/C18H22N4O3S/c1-2-7-26(23,24)11-12-8-13(9-12)22-16-14-3-4-19-17(14)21-10-15(16)18-20-5-6-25-18/h3-6,10,12-13H,2,7-9,11H2,1H3,(H2,19,21,22). The Labute approximate surface area is 152 Å². The molecule has 0 unspecified atom stereocenters. The molecule has 8 heteroatoms. The van der Waals surface area contributed by atoms with Crippen molar-refractivity contribution in [1.29, 1.82) is 0 Å². The molecular weight excluding hydrogens is 352 g/mol. The maximum Gasteiger partial charge on any atom is 0.229 e. The summed E-state index contributed by atoms with van der Waals surface area (Å²) in [7, 11) is -2.93. The van der Waals surface area contributed by atoms with Gasteiger partial charge in [-0.05, 0) is 31.2 Å². The highest BCUT2D eigenvalue weighted by Crippen LogP contribution is 2.37. The Morgan fingerprint density at radius 1 is 1.35 bits per heavy atom. The van der Waals surface area contributed by atoms with Crippen LogP contribution in [0.1, 0.15) is 26.2 Å². The first-order valence-corrected chi connectivity index (χ1v) is 10.7. The molecule has 3 aromatic rings. The van der Waals surface area contributed by atoms with E-state index in [4.69, 9.17) is 4.42 Å². The predicted octanol–water partition coefficient (Wildman–Crippen LogP) is 3.23. The van der Waals surface area contributed by atoms with Crippen molar-refractivity contribution in [3.05, 3.63) is 30.9 Å². The number of rotatable bonds is 7. The summed E-state index contributed by atoms with van der Waals surface area (Å²) in [5.41, 5.74) is 2.53. The van der Waals surface area contributed by atoms with Gasteiger partial charge in [0.2, 0.25) is 5.89 Å². The minimum atomic E-state index is -2.93. The third-order valence-electron chi connectivity index (χ3n) is 4.84. The zero-order chi connectivity index (χ0) is 18.1. The Kier molecular flexibility index (Phi) is 4.44. The summed E-state index contributed by atoms with van der Waals surface area (Å²) in [6.45, 7) is 1.90. The van der Waals surface area contributed by atoms with Crippen LogP contribution in [0.25, 0.3) is 22.5 Å². The van der Waals surface area contributed by atoms with Crippen LogP contribution in [-0.4, -0.2) is 40.9 Å². The first-order chi connectivity index (χ1) is 12.6. The van der Waals surface area contributed by atoms with Crippen molar-refractivity contribution in [1.82, 2.24) is 15.0 Å². The Hall–Kier alpha value is -2.35. The number of fused-ring (bicyclic) bond motifs is 1. The number of nitrogens with one attached hydrogen (secondary N) is 2. The third kappa shape index (κ3) is 3.33. The molecule has 0 atom stereocenters. The Morgan fingerprint density at radius 2 is 2.19 bits per heavy atom. The molecule has 0 radical (unpaired) electrons. The highest BCUT2D eigenvalue weighted by molar-refractivity contribution is 7.91. The molecule has 138 valence electrons. The fourth-order valence-corrected chi connectivity index (χ4v) is 5.41. The Morgan fingerprint density at radius 3 is 2.92 bits per heavy atom. The van der Waals surface area contributed by atoms with E-state index in [1.54, 1.807) is 18.7 Å². The Bertz CT molecular complexity index is 989. The van der Waals surface area contributed by atoms with Gasteiger partial charge < -0.3 is 14.7 Å². The second kappa shape index (κ2) is 6.75. The molecule has 2 N–H and O–H groups in total. The predicted molar refractivity (Wildman–Crippen MR) is 101 cm³/mol. The van der Waals surface area contributed by atoms with Crippen LogP contribution in [-0.2, 0) is 9.84 Å². The number of hydrogen-bond acceptors (Lipinski definition) is 6. The lowest BCUT2D eigenvalue weighted by Crippen LogP contribution is -2.39. The first-order valence-electron chi connectivity index (χ1n) is 8.88. The van der Waals surface area contributed by atoms with Crippen LogP contribution in [0.3, 0.4) is 0 Å². The van der Waals surface area contributed by atoms with Gasteiger partial charge in [-0.25, -0.2) is 18.4 Å². The van der Waals surface area contributed by atoms with Gasteiger partial charge in [0.25, 0.3) is 0 Å². The summed E-state index contributed by atoms with van der Waals surface area (Å²) in [5.74, 6) is 1.33. The first kappa shape index (κ1) is 17.1. The summed E-state index contributed by atoms with van der Waals surface area (Å²) in [6, 6.07) is 2.21. The summed E-state index contributed by atoms with van der Waals surface area (Å²) in [6.07, 6.45) is 9.12. The zero-order valence-electron chi connectivity index (χ0n) is 14.6. The smallest absolute Gasteiger partial charge is 0.229 e. The molecule has 0 aromatic carbocycles. The van der Waals surface area contributed by atoms with Crippen molar-refractivity contribution in [3.8, 4) is 11.5 Å². The molecule has 1 fully saturated rings. The van der Waals surface area contributed by atoms with Crippen molar-refractivity contribution < 1.29 is 12.8 Å². The van der Waals surface area contributed by atoms with Gasteiger partial charge >= 0.3 is 0 Å². The zero-order valence-corrected chi connectivity index (χ0v) is 15.4. The van der Waals surface area contributed by atoms with Gasteiger partial charge in [-0.3, -0.25) is 0 Å². The van der Waals surface area contributed by atoms with Crippen molar-refractivity contribution in [2.75, 3.05) is 16.8 Å². The Balaban J connectivity index is 1.52. The minimum absolute atomic E-state index is 0.234. The number of aromatic nitrogens is 3. The number of sulfone groups is 1. The van der Waals surface area contributed by atoms with Crippen molar-refractivity contribution >= 4 is 26.6 Å². The molecule has 0 spiro atoms. The highest BCUT2D eigenvalue weighted by Gasteiger charge is 2.33. The monoisotopic (exact) mass is 374 g/mol. The molecular formula is C18H22N4O3S. The lowest BCUT2D eigenvalue weighted by Gasteiger charge is -2.36. The number of pyridine rings is 1. The largest absolute Gasteiger partial charge is 0.444 e. The molecule has 3 heterocycles. The maximum atomic E-state index is 12.0. The van der Waals surface area contributed by atoms with Gasteiger partial charge in [-0.1, -0.05) is 6.92 Å². The molecule has 0 saturated heterocycles. The lowest BCUT2D eigenvalue weighted by atomic mass is 9.81. The quantitative estimate of drug-likeness (QED) is 0.658. The highest BCUT2D eigenvalue weighted by atomic mass is 32.2. The summed E-state index contributed by atoms with van der Waals surface area (Å²) in [4.78, 5) is 11.8. The second-order valence-electron chi connectivity index (χ2n) is 6.92. The van der Waals surface area contributed by atoms with Crippen LogP contribution >= 0.6 is 0 Å². The molecule has 3 aromatic heterocycles. The van der Waals surface area contributed by atoms with Crippen LogP contribution in [0.2, 0.25) is 0 Å². The normalized spacial score (nSPS) is 20.2. The van der Waals surface area contributed by atoms with Gasteiger partial charge in [-0.2, -0.15) is 0 Å². The summed E-state index contributed by atoms with van der Waals surface area (Å²) >= 11 is 0. The van der Waals surface area contributed by atoms with Crippen molar-refractivity contribution in [2.24, 2.45) is 5.92 Å². The number of anilines is 1. The molecule has 0 bridgehead atoms. The van der Waals surface area contributed by atoms with E-state index in [-0.39, 0.29) is 17.7 Å². The average molecular weight is 374 g/mol. The summed E-state index contributed by atoms with van der Waals surface area (Å²) < 4.78 is 29.4. The van der Waals surface area contributed by atoms with E-state index in [1.165, 1.54) is 0 Å². The van der Waals surface area contributed by atoms with E-state index in [0.29, 0.717) is 18.1 Å². The fraction of sp³-hybridized carbons (Fsp3) is 0.444. The van der Waals surface area contributed by atoms with E-state index in [9.17, 15) is 8.42 Å². The number of nitrogens with zero attached hydrogens (tertiary/aromatic N) is 2. The van der Waals surface area contributed by atoms with E-state index in [2.05, 4.69) is 20.3 Å². The minimum Gasteiger partial charge on any atom is -0.444 e. The van der Waals surface area contributed by atoms with Gasteiger partial charge in [0.1, 0.15) is 11.9 Å². The van der Waals surface area contributed by atoms with Gasteiger partial charge in [0, 0.05) is 29.6 Å². The van der Waals surface area contributed by atoms with E-state index >= 15 is 0 Å². The van der Waals surface area contributed by atoms with Crippen LogP contribution in [0.15, 0.2) is 35.3 Å². The molecule has 0 aliphatic heterocycles. The molecule has 0 amide bonds. The van der Waals surface area contributed by atoms with E-state index in [0.717, 1.165) is 35.1 Å². The SMILES string of the molecule is CCCS(=O)(=O)CC1CC(Nc2c(-c3ncco3)cnc3[nH]ccc23)C1. The maximum absolute atomic E-state index is 12.0. The number of hydrogen-bond donors (Lipinski definition) is 2. The molecule has 7 nitrogen and oxygen atoms in total. The third-order valence-corrected chi connectivity index (χ3v) is 6.85. The molecule has 26 heavy (non-hydrogen) atoms. The lowest BCUT2D eigenvalue weighted by molar-refractivity contribution is 0.311. The van der Waals surface area contributed by atoms with Crippen LogP contribution < -0.4 is 5.32 Å². The van der Waals surface area contributed by atoms with Crippen LogP contribution in [0, 0.1) is 5.92 Å². The molecule has 1 aliphatic carbocycles. The molecule has 4 rings (SSSR count). The fourth-order valence-electron chi connectivity index (χ4n) is 3.63. The molecule has 1 saturated carbocycles. The number of aromatic amines is 1. The van der Waals surface area contributed by atoms with E-state index < -0.39 is 9.84 Å². The van der Waals surface area contributed by atoms with Gasteiger partial charge in [-0.15, -0.1) is 0 Å². The average Bonchev–Trinajstić information content (AvgIpc) is 3.24. The van der Waals surface area contributed by atoms with Crippen molar-refractivity contribution in [2.45, 2.75) is 32.2 Å². The second-order valence-corrected chi connectivity index (χ2v) is 9.15. The molecule has 1 aliphatic rings. The summed E-state index contributed by atoms with van der Waals surface area (Å²) in [5, 5.41) is 4.53. The topological polar surface area (TPSA) is 101 Å². The van der Waals surface area contributed by atoms with Crippen molar-refractivity contribution in [3.63, 3.8) is 0 Å².